The van der Waals surface area contributed by atoms with Crippen LogP contribution >= 0.6 is 11.6 Å². The fraction of sp³-hybridized carbons (Fsp3) is 0.400. The molecule has 2 aromatic rings. The third-order valence-electron chi connectivity index (χ3n) is 5.37. The van der Waals surface area contributed by atoms with E-state index in [0.717, 1.165) is 5.56 Å². The van der Waals surface area contributed by atoms with Crippen LogP contribution in [0.1, 0.15) is 43.1 Å². The molecular weight excluding hydrogens is 458 g/mol. The average molecular weight is 490 g/mol. The van der Waals surface area contributed by atoms with Crippen molar-refractivity contribution in [3.63, 3.8) is 0 Å². The largest absolute Gasteiger partial charge is 0.491 e. The lowest BCUT2D eigenvalue weighted by molar-refractivity contribution is -0.143. The van der Waals surface area contributed by atoms with E-state index in [1.54, 1.807) is 19.9 Å². The van der Waals surface area contributed by atoms with Crippen molar-refractivity contribution < 1.29 is 24.2 Å². The Kier molecular flexibility index (Phi) is 10.3. The third kappa shape index (κ3) is 8.04. The fourth-order valence-electron chi connectivity index (χ4n) is 3.26. The Morgan fingerprint density at radius 2 is 1.76 bits per heavy atom. The molecule has 0 saturated carbocycles. The molecule has 9 heteroatoms. The second-order valence-corrected chi connectivity index (χ2v) is 8.79. The molecule has 0 fully saturated rings. The second-order valence-electron chi connectivity index (χ2n) is 8.35. The van der Waals surface area contributed by atoms with Gasteiger partial charge in [0.2, 0.25) is 5.91 Å². The van der Waals surface area contributed by atoms with Gasteiger partial charge < -0.3 is 26.2 Å². The van der Waals surface area contributed by atoms with E-state index < -0.39 is 29.9 Å². The van der Waals surface area contributed by atoms with Crippen molar-refractivity contribution >= 4 is 29.4 Å². The number of nitrogens with two attached hydrogens (primary N) is 1. The molecule has 0 bridgehead atoms. The maximum atomic E-state index is 13.2. The molecule has 0 aliphatic heterocycles. The first-order chi connectivity index (χ1) is 16.1. The van der Waals surface area contributed by atoms with E-state index in [0.29, 0.717) is 11.4 Å². The van der Waals surface area contributed by atoms with E-state index in [2.05, 4.69) is 10.6 Å². The van der Waals surface area contributed by atoms with Gasteiger partial charge in [-0.25, -0.2) is 4.79 Å². The zero-order chi connectivity index (χ0) is 25.3. The fourth-order valence-corrected chi connectivity index (χ4v) is 3.42. The minimum absolute atomic E-state index is 0.170. The van der Waals surface area contributed by atoms with Crippen LogP contribution in [0.5, 0.6) is 5.75 Å². The van der Waals surface area contributed by atoms with Gasteiger partial charge in [-0.2, -0.15) is 0 Å². The quantitative estimate of drug-likeness (QED) is 0.362. The first-order valence-corrected chi connectivity index (χ1v) is 11.6. The predicted octanol–water partition coefficient (Wildman–Crippen LogP) is 3.02. The third-order valence-corrected chi connectivity index (χ3v) is 5.61. The lowest BCUT2D eigenvalue weighted by Crippen LogP contribution is -2.54. The minimum Gasteiger partial charge on any atom is -0.491 e. The summed E-state index contributed by atoms with van der Waals surface area (Å²) in [6.07, 6.45) is 0.743. The normalized spacial score (nSPS) is 14.4. The zero-order valence-electron chi connectivity index (χ0n) is 19.6. The molecule has 0 aliphatic rings. The van der Waals surface area contributed by atoms with E-state index in [4.69, 9.17) is 22.1 Å². The molecule has 34 heavy (non-hydrogen) atoms. The van der Waals surface area contributed by atoms with Gasteiger partial charge in [0.05, 0.1) is 5.56 Å². The van der Waals surface area contributed by atoms with Crippen molar-refractivity contribution in [2.24, 2.45) is 11.7 Å². The summed E-state index contributed by atoms with van der Waals surface area (Å²) in [6, 6.07) is 11.4. The molecule has 0 heterocycles. The number of carboxylic acid groups (broad SMARTS) is 1. The SMILES string of the molecule is CC[C@H](C)[C@H](NC(=O)[C@H](Cc1ccccc1)NC(=O)c1ccc(Cl)cc1OC[C@H](C)N)C(=O)O. The topological polar surface area (TPSA) is 131 Å². The Balaban J connectivity index is 2.30. The smallest absolute Gasteiger partial charge is 0.326 e. The number of carbonyl (C=O) groups excluding carboxylic acids is 2. The summed E-state index contributed by atoms with van der Waals surface area (Å²) in [6.45, 7) is 5.53. The first-order valence-electron chi connectivity index (χ1n) is 11.2. The summed E-state index contributed by atoms with van der Waals surface area (Å²) in [7, 11) is 0. The number of hydrogen-bond donors (Lipinski definition) is 4. The van der Waals surface area contributed by atoms with Crippen LogP contribution in [0.25, 0.3) is 0 Å². The molecule has 0 aliphatic carbocycles. The van der Waals surface area contributed by atoms with Gasteiger partial charge in [0, 0.05) is 17.5 Å². The number of carboxylic acids is 1. The highest BCUT2D eigenvalue weighted by Gasteiger charge is 2.30. The average Bonchev–Trinajstić information content (AvgIpc) is 2.80. The number of nitrogens with one attached hydrogen (secondary N) is 2. The summed E-state index contributed by atoms with van der Waals surface area (Å²) in [5.41, 5.74) is 6.75. The molecule has 2 amide bonds. The highest BCUT2D eigenvalue weighted by Crippen LogP contribution is 2.24. The molecule has 8 nitrogen and oxygen atoms in total. The number of halogens is 1. The minimum atomic E-state index is -1.13. The van der Waals surface area contributed by atoms with Crippen LogP contribution in [-0.2, 0) is 16.0 Å². The number of hydrogen-bond acceptors (Lipinski definition) is 5. The Labute approximate surface area is 204 Å². The number of carbonyl (C=O) groups is 3. The Morgan fingerprint density at radius 3 is 2.35 bits per heavy atom. The van der Waals surface area contributed by atoms with Crippen LogP contribution < -0.4 is 21.1 Å². The Bertz CT molecular complexity index is 984. The van der Waals surface area contributed by atoms with Crippen LogP contribution in [0, 0.1) is 5.92 Å². The lowest BCUT2D eigenvalue weighted by Gasteiger charge is -2.25. The Hall–Kier alpha value is -3.10. The predicted molar refractivity (Wildman–Crippen MR) is 131 cm³/mol. The molecular formula is C25H32ClN3O5. The van der Waals surface area contributed by atoms with Gasteiger partial charge in [0.25, 0.3) is 5.91 Å². The number of aliphatic carboxylic acids is 1. The number of rotatable bonds is 12. The molecule has 2 rings (SSSR count). The van der Waals surface area contributed by atoms with Crippen LogP contribution in [0.15, 0.2) is 48.5 Å². The molecule has 0 unspecified atom stereocenters. The monoisotopic (exact) mass is 489 g/mol. The van der Waals surface area contributed by atoms with Crippen molar-refractivity contribution in [3.05, 3.63) is 64.7 Å². The van der Waals surface area contributed by atoms with Gasteiger partial charge >= 0.3 is 5.97 Å². The van der Waals surface area contributed by atoms with E-state index in [1.807, 2.05) is 37.3 Å². The first kappa shape index (κ1) is 27.1. The molecule has 0 radical (unpaired) electrons. The highest BCUT2D eigenvalue weighted by atomic mass is 35.5. The van der Waals surface area contributed by atoms with Crippen molar-refractivity contribution in [1.29, 1.82) is 0 Å². The van der Waals surface area contributed by atoms with Crippen molar-refractivity contribution in [3.8, 4) is 5.75 Å². The van der Waals surface area contributed by atoms with Crippen LogP contribution in [-0.4, -0.2) is 47.6 Å². The van der Waals surface area contributed by atoms with E-state index in [-0.39, 0.29) is 36.3 Å². The van der Waals surface area contributed by atoms with Gasteiger partial charge in [-0.05, 0) is 36.6 Å². The van der Waals surface area contributed by atoms with Crippen LogP contribution in [0.3, 0.4) is 0 Å². The summed E-state index contributed by atoms with van der Waals surface area (Å²) in [4.78, 5) is 38.0. The molecule has 2 aromatic carbocycles. The van der Waals surface area contributed by atoms with Crippen LogP contribution in [0.4, 0.5) is 0 Å². The van der Waals surface area contributed by atoms with Gasteiger partial charge in [0.15, 0.2) is 0 Å². The Morgan fingerprint density at radius 1 is 1.09 bits per heavy atom. The lowest BCUT2D eigenvalue weighted by atomic mass is 9.98. The molecule has 0 aromatic heterocycles. The maximum Gasteiger partial charge on any atom is 0.326 e. The van der Waals surface area contributed by atoms with Crippen molar-refractivity contribution in [2.45, 2.75) is 51.7 Å². The zero-order valence-corrected chi connectivity index (χ0v) is 20.3. The molecule has 4 atom stereocenters. The van der Waals surface area contributed by atoms with E-state index in [9.17, 15) is 19.5 Å². The molecule has 0 spiro atoms. The maximum absolute atomic E-state index is 13.2. The van der Waals surface area contributed by atoms with Crippen molar-refractivity contribution in [2.75, 3.05) is 6.61 Å². The van der Waals surface area contributed by atoms with Gasteiger partial charge in [0.1, 0.15) is 24.4 Å². The van der Waals surface area contributed by atoms with E-state index in [1.165, 1.54) is 12.1 Å². The summed E-state index contributed by atoms with van der Waals surface area (Å²) >= 11 is 6.07. The standard InChI is InChI=1S/C25H32ClN3O5/c1-4-15(2)22(25(32)33)29-24(31)20(12-17-8-6-5-7-9-17)28-23(30)19-11-10-18(26)13-21(19)34-14-16(3)27/h5-11,13,15-16,20,22H,4,12,14,27H2,1-3H3,(H,28,30)(H,29,31)(H,32,33)/t15-,16-,20-,22-/m0/s1. The highest BCUT2D eigenvalue weighted by molar-refractivity contribution is 6.30. The van der Waals surface area contributed by atoms with E-state index >= 15 is 0 Å². The summed E-state index contributed by atoms with van der Waals surface area (Å²) in [5, 5.41) is 15.3. The number of benzene rings is 2. The van der Waals surface area contributed by atoms with Gasteiger partial charge in [-0.1, -0.05) is 62.2 Å². The van der Waals surface area contributed by atoms with Gasteiger partial charge in [-0.15, -0.1) is 0 Å². The molecule has 0 saturated heterocycles. The summed E-state index contributed by atoms with van der Waals surface area (Å²) in [5.74, 6) is -2.32. The van der Waals surface area contributed by atoms with Crippen molar-refractivity contribution in [1.82, 2.24) is 10.6 Å². The number of amides is 2. The molecule has 184 valence electrons. The van der Waals surface area contributed by atoms with Gasteiger partial charge in [-0.3, -0.25) is 9.59 Å². The van der Waals surface area contributed by atoms with Crippen LogP contribution in [0.2, 0.25) is 5.02 Å². The summed E-state index contributed by atoms with van der Waals surface area (Å²) < 4.78 is 5.65. The second kappa shape index (κ2) is 13.0. The number of ether oxygens (including phenoxy) is 1. The molecule has 5 N–H and O–H groups in total.